The predicted molar refractivity (Wildman–Crippen MR) is 105 cm³/mol. The summed E-state index contributed by atoms with van der Waals surface area (Å²) in [5.41, 5.74) is 0.493. The number of anilines is 2. The van der Waals surface area contributed by atoms with E-state index in [1.165, 1.54) is 6.07 Å². The second-order valence-electron chi connectivity index (χ2n) is 7.30. The van der Waals surface area contributed by atoms with Crippen LogP contribution in [0.4, 0.5) is 24.9 Å². The third-order valence-corrected chi connectivity index (χ3v) is 4.81. The predicted octanol–water partition coefficient (Wildman–Crippen LogP) is 2.76. The van der Waals surface area contributed by atoms with Crippen LogP contribution in [0.15, 0.2) is 30.3 Å². The van der Waals surface area contributed by atoms with Gasteiger partial charge in [0.1, 0.15) is 5.82 Å². The Morgan fingerprint density at radius 1 is 1.10 bits per heavy atom. The lowest BCUT2D eigenvalue weighted by Gasteiger charge is -2.35. The van der Waals surface area contributed by atoms with Crippen molar-refractivity contribution in [3.05, 3.63) is 47.2 Å². The minimum atomic E-state index is -4.41. The largest absolute Gasteiger partial charge is 0.416 e. The van der Waals surface area contributed by atoms with Crippen LogP contribution >= 0.6 is 0 Å². The van der Waals surface area contributed by atoms with Crippen molar-refractivity contribution in [2.45, 2.75) is 19.5 Å². The number of rotatable bonds is 4. The first-order chi connectivity index (χ1) is 13.6. The Hall–Kier alpha value is -2.84. The summed E-state index contributed by atoms with van der Waals surface area (Å²) >= 11 is 0. The maximum atomic E-state index is 12.9. The van der Waals surface area contributed by atoms with E-state index >= 15 is 0 Å². The van der Waals surface area contributed by atoms with Crippen molar-refractivity contribution < 1.29 is 18.0 Å². The number of aryl methyl sites for hydroxylation is 1. The molecule has 1 aliphatic rings. The van der Waals surface area contributed by atoms with Gasteiger partial charge in [0, 0.05) is 52.0 Å². The van der Waals surface area contributed by atoms with E-state index in [-0.39, 0.29) is 12.3 Å². The zero-order valence-electron chi connectivity index (χ0n) is 16.7. The zero-order valence-corrected chi connectivity index (χ0v) is 16.7. The van der Waals surface area contributed by atoms with Crippen LogP contribution in [0.25, 0.3) is 0 Å². The van der Waals surface area contributed by atoms with Gasteiger partial charge in [-0.25, -0.2) is 4.98 Å². The normalized spacial score (nSPS) is 14.8. The van der Waals surface area contributed by atoms with E-state index in [2.05, 4.69) is 9.97 Å². The molecule has 1 amide bonds. The van der Waals surface area contributed by atoms with Gasteiger partial charge in [0.15, 0.2) is 0 Å². The van der Waals surface area contributed by atoms with Crippen molar-refractivity contribution in [1.82, 2.24) is 14.9 Å². The second kappa shape index (κ2) is 8.26. The lowest BCUT2D eigenvalue weighted by Crippen LogP contribution is -2.49. The first kappa shape index (κ1) is 20.9. The molecule has 0 unspecified atom stereocenters. The molecule has 0 saturated carbocycles. The highest BCUT2D eigenvalue weighted by Crippen LogP contribution is 2.29. The minimum Gasteiger partial charge on any atom is -0.363 e. The number of benzene rings is 1. The molecule has 0 bridgehead atoms. The lowest BCUT2D eigenvalue weighted by atomic mass is 10.1. The molecule has 0 N–H and O–H groups in total. The Morgan fingerprint density at radius 2 is 1.79 bits per heavy atom. The van der Waals surface area contributed by atoms with E-state index in [4.69, 9.17) is 0 Å². The van der Waals surface area contributed by atoms with Crippen molar-refractivity contribution in [1.29, 1.82) is 0 Å². The van der Waals surface area contributed by atoms with E-state index in [1.54, 1.807) is 11.0 Å². The van der Waals surface area contributed by atoms with E-state index in [1.807, 2.05) is 36.9 Å². The van der Waals surface area contributed by atoms with Gasteiger partial charge in [-0.3, -0.25) is 4.79 Å². The van der Waals surface area contributed by atoms with E-state index < -0.39 is 11.7 Å². The van der Waals surface area contributed by atoms with Gasteiger partial charge in [0.25, 0.3) is 0 Å². The summed E-state index contributed by atoms with van der Waals surface area (Å²) in [6.07, 6.45) is -4.46. The highest BCUT2D eigenvalue weighted by Gasteiger charge is 2.31. The van der Waals surface area contributed by atoms with Gasteiger partial charge in [0.05, 0.1) is 12.0 Å². The number of alkyl halides is 3. The number of amides is 1. The molecule has 0 atom stereocenters. The van der Waals surface area contributed by atoms with Crippen LogP contribution in [-0.4, -0.2) is 61.0 Å². The summed E-state index contributed by atoms with van der Waals surface area (Å²) in [5, 5.41) is 0. The number of piperazine rings is 1. The molecular weight excluding hydrogens is 383 g/mol. The molecule has 1 fully saturated rings. The summed E-state index contributed by atoms with van der Waals surface area (Å²) in [7, 11) is 3.83. The zero-order chi connectivity index (χ0) is 21.2. The first-order valence-corrected chi connectivity index (χ1v) is 9.35. The summed E-state index contributed by atoms with van der Waals surface area (Å²) in [4.78, 5) is 27.2. The Labute approximate surface area is 168 Å². The molecule has 1 aromatic carbocycles. The summed E-state index contributed by atoms with van der Waals surface area (Å²) < 4.78 is 38.6. The first-order valence-electron chi connectivity index (χ1n) is 9.35. The number of carbonyl (C=O) groups excluding carboxylic acids is 1. The maximum absolute atomic E-state index is 12.9. The number of hydrogen-bond donors (Lipinski definition) is 0. The molecule has 9 heteroatoms. The molecule has 156 valence electrons. The van der Waals surface area contributed by atoms with Crippen LogP contribution < -0.4 is 9.80 Å². The van der Waals surface area contributed by atoms with Crippen molar-refractivity contribution in [2.24, 2.45) is 0 Å². The highest BCUT2D eigenvalue weighted by atomic mass is 19.4. The van der Waals surface area contributed by atoms with Crippen molar-refractivity contribution in [3.63, 3.8) is 0 Å². The number of carbonyl (C=O) groups is 1. The Kier molecular flexibility index (Phi) is 5.95. The van der Waals surface area contributed by atoms with Crippen LogP contribution in [0.5, 0.6) is 0 Å². The van der Waals surface area contributed by atoms with Gasteiger partial charge < -0.3 is 14.7 Å². The van der Waals surface area contributed by atoms with Crippen LogP contribution in [0.3, 0.4) is 0 Å². The SMILES string of the molecule is Cc1cc(N(C)C)nc(N2CCN(C(=O)Cc3cccc(C(F)(F)F)c3)CC2)n1. The molecule has 0 spiro atoms. The monoisotopic (exact) mass is 407 g/mol. The fourth-order valence-corrected chi connectivity index (χ4v) is 3.21. The van der Waals surface area contributed by atoms with E-state index in [9.17, 15) is 18.0 Å². The maximum Gasteiger partial charge on any atom is 0.416 e. The van der Waals surface area contributed by atoms with E-state index in [0.717, 1.165) is 23.6 Å². The molecule has 1 saturated heterocycles. The van der Waals surface area contributed by atoms with Gasteiger partial charge in [-0.05, 0) is 18.6 Å². The topological polar surface area (TPSA) is 52.6 Å². The molecule has 2 aromatic rings. The molecule has 2 heterocycles. The molecule has 6 nitrogen and oxygen atoms in total. The van der Waals surface area contributed by atoms with Crippen molar-refractivity contribution in [3.8, 4) is 0 Å². The average molecular weight is 407 g/mol. The third-order valence-electron chi connectivity index (χ3n) is 4.81. The molecular formula is C20H24F3N5O. The van der Waals surface area contributed by atoms with Crippen LogP contribution in [0.2, 0.25) is 0 Å². The van der Waals surface area contributed by atoms with Crippen LogP contribution in [0, 0.1) is 6.92 Å². The molecule has 1 aliphatic heterocycles. The quantitative estimate of drug-likeness (QED) is 0.780. The van der Waals surface area contributed by atoms with Gasteiger partial charge in [-0.2, -0.15) is 18.2 Å². The Bertz CT molecular complexity index is 877. The molecule has 0 radical (unpaired) electrons. The highest BCUT2D eigenvalue weighted by molar-refractivity contribution is 5.79. The molecule has 1 aromatic heterocycles. The molecule has 3 rings (SSSR count). The summed E-state index contributed by atoms with van der Waals surface area (Å²) in [6, 6.07) is 6.83. The van der Waals surface area contributed by atoms with Crippen molar-refractivity contribution in [2.75, 3.05) is 50.1 Å². The van der Waals surface area contributed by atoms with Crippen LogP contribution in [-0.2, 0) is 17.4 Å². The molecule has 29 heavy (non-hydrogen) atoms. The Balaban J connectivity index is 1.62. The van der Waals surface area contributed by atoms with Gasteiger partial charge in [0.2, 0.25) is 11.9 Å². The standard InChI is InChI=1S/C20H24F3N5O/c1-14-11-17(26(2)3)25-19(24-14)28-9-7-27(8-10-28)18(29)13-15-5-4-6-16(12-15)20(21,22)23/h4-6,11-12H,7-10,13H2,1-3H3. The number of halogens is 3. The van der Waals surface area contributed by atoms with Gasteiger partial charge >= 0.3 is 6.18 Å². The minimum absolute atomic E-state index is 0.0460. The van der Waals surface area contributed by atoms with Gasteiger partial charge in [-0.15, -0.1) is 0 Å². The Morgan fingerprint density at radius 3 is 2.41 bits per heavy atom. The smallest absolute Gasteiger partial charge is 0.363 e. The summed E-state index contributed by atoms with van der Waals surface area (Å²) in [6.45, 7) is 4.01. The third kappa shape index (κ3) is 5.16. The summed E-state index contributed by atoms with van der Waals surface area (Å²) in [5.74, 6) is 1.26. The fraction of sp³-hybridized carbons (Fsp3) is 0.450. The molecule has 0 aliphatic carbocycles. The number of nitrogens with zero attached hydrogens (tertiary/aromatic N) is 5. The lowest BCUT2D eigenvalue weighted by molar-refractivity contribution is -0.138. The van der Waals surface area contributed by atoms with Gasteiger partial charge in [-0.1, -0.05) is 18.2 Å². The average Bonchev–Trinajstić information content (AvgIpc) is 2.67. The number of aromatic nitrogens is 2. The number of hydrogen-bond acceptors (Lipinski definition) is 5. The second-order valence-corrected chi connectivity index (χ2v) is 7.30. The van der Waals surface area contributed by atoms with Crippen LogP contribution in [0.1, 0.15) is 16.8 Å². The van der Waals surface area contributed by atoms with E-state index in [0.29, 0.717) is 37.7 Å². The van der Waals surface area contributed by atoms with Crippen molar-refractivity contribution >= 4 is 17.7 Å². The fourth-order valence-electron chi connectivity index (χ4n) is 3.21.